The zero-order chi connectivity index (χ0) is 6.69. The summed E-state index contributed by atoms with van der Waals surface area (Å²) in [6.45, 7) is 0.591. The quantitative estimate of drug-likeness (QED) is 0.559. The average molecular weight is 126 g/mol. The van der Waals surface area contributed by atoms with Crippen molar-refractivity contribution in [2.75, 3.05) is 0 Å². The lowest BCUT2D eigenvalue weighted by atomic mass is 10.4. The van der Waals surface area contributed by atoms with E-state index < -0.39 is 0 Å². The van der Waals surface area contributed by atoms with Crippen LogP contribution in [0.2, 0.25) is 0 Å². The van der Waals surface area contributed by atoms with Crippen LogP contribution in [0.25, 0.3) is 0 Å². The number of hydrogen-bond acceptors (Lipinski definition) is 2. The Morgan fingerprint density at radius 3 is 2.78 bits per heavy atom. The second kappa shape index (κ2) is 2.46. The van der Waals surface area contributed by atoms with Gasteiger partial charge in [0.05, 0.1) is 0 Å². The summed E-state index contributed by atoms with van der Waals surface area (Å²) in [6, 6.07) is 3.38. The van der Waals surface area contributed by atoms with E-state index in [-0.39, 0.29) is 0 Å². The normalized spacial score (nSPS) is 9.44. The summed E-state index contributed by atoms with van der Waals surface area (Å²) in [5, 5.41) is 0. The topological polar surface area (TPSA) is 57.9 Å². The van der Waals surface area contributed by atoms with Crippen LogP contribution < -0.4 is 5.73 Å². The van der Waals surface area contributed by atoms with Crippen LogP contribution >= 0.6 is 0 Å². The van der Waals surface area contributed by atoms with E-state index in [1.54, 1.807) is 12.1 Å². The van der Waals surface area contributed by atoms with Crippen molar-refractivity contribution >= 4 is 6.29 Å². The fraction of sp³-hybridized carbons (Fsp3) is 0.167. The first-order valence-electron chi connectivity index (χ1n) is 2.70. The summed E-state index contributed by atoms with van der Waals surface area (Å²) in [5.41, 5.74) is 3.59. The first kappa shape index (κ1) is 6.04. The van der Waals surface area contributed by atoms with Crippen molar-refractivity contribution in [1.82, 2.24) is 0 Å². The highest BCUT2D eigenvalue weighted by atomic mass is 16.3. The monoisotopic (exact) mass is 126 g/mol. The van der Waals surface area contributed by atoms with E-state index in [9.17, 15) is 4.79 Å². The summed E-state index contributed by atoms with van der Waals surface area (Å²) in [7, 11) is 0. The van der Waals surface area contributed by atoms with Gasteiger partial charge in [-0.1, -0.05) is 0 Å². The van der Waals surface area contributed by atoms with Gasteiger partial charge in [0.25, 0.3) is 0 Å². The third-order valence-electron chi connectivity index (χ3n) is 1.04. The molecule has 0 unspecified atom stereocenters. The largest absolute Gasteiger partial charge is 0.452 e. The minimum Gasteiger partial charge on any atom is -0.452 e. The Morgan fingerprint density at radius 2 is 2.44 bits per heavy atom. The molecule has 0 aliphatic carbocycles. The van der Waals surface area contributed by atoms with Crippen molar-refractivity contribution in [2.24, 2.45) is 0 Å². The van der Waals surface area contributed by atoms with Crippen LogP contribution in [0.4, 0.5) is 0 Å². The third kappa shape index (κ3) is 1.17. The Kier molecular flexibility index (Phi) is 1.65. The smallest absolute Gasteiger partial charge is 0.185 e. The SMILES string of the molecule is [NH3+]Cc1ccc(C=O)o1. The maximum atomic E-state index is 10.0. The molecule has 0 bridgehead atoms. The van der Waals surface area contributed by atoms with Gasteiger partial charge in [-0.2, -0.15) is 0 Å². The highest BCUT2D eigenvalue weighted by Crippen LogP contribution is 2.02. The third-order valence-corrected chi connectivity index (χ3v) is 1.04. The lowest BCUT2D eigenvalue weighted by Crippen LogP contribution is -2.47. The van der Waals surface area contributed by atoms with Gasteiger partial charge in [-0.15, -0.1) is 0 Å². The van der Waals surface area contributed by atoms with Crippen LogP contribution in [-0.4, -0.2) is 6.29 Å². The van der Waals surface area contributed by atoms with E-state index in [0.717, 1.165) is 5.76 Å². The predicted molar refractivity (Wildman–Crippen MR) is 30.7 cm³/mol. The second-order valence-corrected chi connectivity index (χ2v) is 1.67. The van der Waals surface area contributed by atoms with Crippen LogP contribution in [0.15, 0.2) is 16.5 Å². The maximum absolute atomic E-state index is 10.0. The lowest BCUT2D eigenvalue weighted by molar-refractivity contribution is -0.390. The molecule has 0 saturated carbocycles. The Hall–Kier alpha value is -1.09. The average Bonchev–Trinajstić information content (AvgIpc) is 2.34. The number of quaternary nitrogens is 1. The molecule has 0 aromatic carbocycles. The van der Waals surface area contributed by atoms with Gasteiger partial charge < -0.3 is 10.2 Å². The van der Waals surface area contributed by atoms with Crippen LogP contribution in [-0.2, 0) is 6.54 Å². The molecule has 1 aromatic heterocycles. The number of hydrogen-bond donors (Lipinski definition) is 1. The molecule has 0 aliphatic heterocycles. The van der Waals surface area contributed by atoms with Gasteiger partial charge in [-0.05, 0) is 12.1 Å². The molecule has 1 rings (SSSR count). The number of carbonyl (C=O) groups excluding carboxylic acids is 1. The molecule has 1 aromatic rings. The summed E-state index contributed by atoms with van der Waals surface area (Å²) in [5.74, 6) is 1.12. The Morgan fingerprint density at radius 1 is 1.67 bits per heavy atom. The molecule has 0 spiro atoms. The number of carbonyl (C=O) groups is 1. The van der Waals surface area contributed by atoms with E-state index in [4.69, 9.17) is 4.42 Å². The van der Waals surface area contributed by atoms with Crippen LogP contribution in [0.3, 0.4) is 0 Å². The predicted octanol–water partition coefficient (Wildman–Crippen LogP) is -0.166. The fourth-order valence-electron chi connectivity index (χ4n) is 0.592. The summed E-state index contributed by atoms with van der Waals surface area (Å²) in [6.07, 6.45) is 0.680. The molecule has 9 heavy (non-hydrogen) atoms. The van der Waals surface area contributed by atoms with Gasteiger partial charge in [-0.25, -0.2) is 0 Å². The van der Waals surface area contributed by atoms with Gasteiger partial charge in [0, 0.05) is 0 Å². The second-order valence-electron chi connectivity index (χ2n) is 1.67. The molecule has 48 valence electrons. The molecular weight excluding hydrogens is 118 g/mol. The number of rotatable bonds is 2. The highest BCUT2D eigenvalue weighted by Gasteiger charge is 1.97. The lowest BCUT2D eigenvalue weighted by Gasteiger charge is -1.80. The summed E-state index contributed by atoms with van der Waals surface area (Å²) >= 11 is 0. The molecule has 1 heterocycles. The molecule has 3 N–H and O–H groups in total. The van der Waals surface area contributed by atoms with Gasteiger partial charge in [-0.3, -0.25) is 4.79 Å². The minimum absolute atomic E-state index is 0.369. The van der Waals surface area contributed by atoms with Gasteiger partial charge in [0.15, 0.2) is 17.8 Å². The van der Waals surface area contributed by atoms with Crippen molar-refractivity contribution in [3.63, 3.8) is 0 Å². The minimum atomic E-state index is 0.369. The van der Waals surface area contributed by atoms with E-state index in [1.165, 1.54) is 0 Å². The van der Waals surface area contributed by atoms with Crippen molar-refractivity contribution in [3.8, 4) is 0 Å². The van der Waals surface area contributed by atoms with Gasteiger partial charge >= 0.3 is 0 Å². The molecular formula is C6H8NO2+. The van der Waals surface area contributed by atoms with Crippen LogP contribution in [0.1, 0.15) is 16.3 Å². The van der Waals surface area contributed by atoms with Crippen molar-refractivity contribution < 1.29 is 14.9 Å². The van der Waals surface area contributed by atoms with Crippen molar-refractivity contribution in [1.29, 1.82) is 0 Å². The highest BCUT2D eigenvalue weighted by molar-refractivity contribution is 5.70. The maximum Gasteiger partial charge on any atom is 0.185 e. The zero-order valence-electron chi connectivity index (χ0n) is 4.96. The summed E-state index contributed by atoms with van der Waals surface area (Å²) in [4.78, 5) is 10.0. The zero-order valence-corrected chi connectivity index (χ0v) is 4.96. The standard InChI is InChI=1S/C6H7NO2/c7-3-5-1-2-6(4-8)9-5/h1-2,4H,3,7H2/p+1. The van der Waals surface area contributed by atoms with E-state index >= 15 is 0 Å². The fourth-order valence-corrected chi connectivity index (χ4v) is 0.592. The van der Waals surface area contributed by atoms with Crippen LogP contribution in [0.5, 0.6) is 0 Å². The molecule has 0 saturated heterocycles. The molecule has 0 fully saturated rings. The first-order chi connectivity index (χ1) is 4.36. The van der Waals surface area contributed by atoms with Gasteiger partial charge in [0.2, 0.25) is 0 Å². The van der Waals surface area contributed by atoms with Crippen molar-refractivity contribution in [3.05, 3.63) is 23.7 Å². The molecule has 0 aliphatic rings. The van der Waals surface area contributed by atoms with E-state index in [0.29, 0.717) is 18.6 Å². The molecule has 0 atom stereocenters. The molecule has 0 amide bonds. The van der Waals surface area contributed by atoms with E-state index in [2.05, 4.69) is 5.73 Å². The Bertz CT molecular complexity index is 205. The first-order valence-corrected chi connectivity index (χ1v) is 2.70. The number of aldehydes is 1. The number of furan rings is 1. The Balaban J connectivity index is 2.86. The van der Waals surface area contributed by atoms with E-state index in [1.807, 2.05) is 0 Å². The summed E-state index contributed by atoms with van der Waals surface area (Å²) < 4.78 is 4.95. The Labute approximate surface area is 52.5 Å². The van der Waals surface area contributed by atoms with Gasteiger partial charge in [0.1, 0.15) is 6.54 Å². The molecule has 3 heteroatoms. The van der Waals surface area contributed by atoms with Crippen LogP contribution in [0, 0.1) is 0 Å². The molecule has 0 radical (unpaired) electrons. The van der Waals surface area contributed by atoms with Crippen molar-refractivity contribution in [2.45, 2.75) is 6.54 Å². The molecule has 3 nitrogen and oxygen atoms in total.